The number of hydrogen-bond acceptors (Lipinski definition) is 3. The van der Waals surface area contributed by atoms with Gasteiger partial charge in [-0.15, -0.1) is 0 Å². The molecule has 0 spiro atoms. The zero-order valence-electron chi connectivity index (χ0n) is 9.23. The van der Waals surface area contributed by atoms with Crippen molar-refractivity contribution in [2.45, 2.75) is 6.54 Å². The monoisotopic (exact) mass is 284 g/mol. The molecule has 2 rings (SSSR count). The van der Waals surface area contributed by atoms with Gasteiger partial charge in [0.05, 0.1) is 22.1 Å². The van der Waals surface area contributed by atoms with Gasteiger partial charge >= 0.3 is 0 Å². The van der Waals surface area contributed by atoms with E-state index in [0.29, 0.717) is 21.4 Å². The van der Waals surface area contributed by atoms with Crippen molar-refractivity contribution in [3.8, 4) is 0 Å². The van der Waals surface area contributed by atoms with E-state index in [1.54, 1.807) is 23.3 Å². The molecular formula is C11H10Cl2N4O. The molecule has 1 amide bonds. The summed E-state index contributed by atoms with van der Waals surface area (Å²) in [7, 11) is 0. The van der Waals surface area contributed by atoms with Crippen LogP contribution in [0.25, 0.3) is 0 Å². The van der Waals surface area contributed by atoms with Gasteiger partial charge in [-0.2, -0.15) is 0 Å². The summed E-state index contributed by atoms with van der Waals surface area (Å²) in [5.41, 5.74) is 6.38. The standard InChI is InChI=1S/C11H10Cl2N4O/c12-8-3-7(14)4-9(13)11(8)16-10(18)5-17-2-1-15-6-17/h1-4,6H,5,14H2,(H,16,18). The number of hydrogen-bond donors (Lipinski definition) is 2. The number of anilines is 2. The SMILES string of the molecule is Nc1cc(Cl)c(NC(=O)Cn2ccnc2)c(Cl)c1. The first-order valence-electron chi connectivity index (χ1n) is 5.06. The van der Waals surface area contributed by atoms with Gasteiger partial charge < -0.3 is 15.6 Å². The Morgan fingerprint density at radius 1 is 1.39 bits per heavy atom. The van der Waals surface area contributed by atoms with E-state index in [4.69, 9.17) is 28.9 Å². The molecule has 0 atom stereocenters. The number of nitrogens with one attached hydrogen (secondary N) is 1. The second-order valence-corrected chi connectivity index (χ2v) is 4.46. The number of carbonyl (C=O) groups excluding carboxylic acids is 1. The lowest BCUT2D eigenvalue weighted by Gasteiger charge is -2.10. The van der Waals surface area contributed by atoms with Crippen molar-refractivity contribution in [3.63, 3.8) is 0 Å². The van der Waals surface area contributed by atoms with E-state index >= 15 is 0 Å². The van der Waals surface area contributed by atoms with Crippen LogP contribution in [0.2, 0.25) is 10.0 Å². The lowest BCUT2D eigenvalue weighted by atomic mass is 10.3. The molecule has 1 aromatic heterocycles. The van der Waals surface area contributed by atoms with Crippen molar-refractivity contribution in [2.24, 2.45) is 0 Å². The molecule has 5 nitrogen and oxygen atoms in total. The quantitative estimate of drug-likeness (QED) is 0.850. The van der Waals surface area contributed by atoms with Gasteiger partial charge in [0.2, 0.25) is 5.91 Å². The summed E-state index contributed by atoms with van der Waals surface area (Å²) in [4.78, 5) is 15.6. The molecular weight excluding hydrogens is 275 g/mol. The third-order valence-corrected chi connectivity index (χ3v) is 2.81. The third-order valence-electron chi connectivity index (χ3n) is 2.21. The minimum Gasteiger partial charge on any atom is -0.399 e. The van der Waals surface area contributed by atoms with E-state index in [1.807, 2.05) is 0 Å². The Labute approximate surface area is 114 Å². The highest BCUT2D eigenvalue weighted by Crippen LogP contribution is 2.32. The summed E-state index contributed by atoms with van der Waals surface area (Å²) >= 11 is 11.9. The lowest BCUT2D eigenvalue weighted by Crippen LogP contribution is -2.18. The van der Waals surface area contributed by atoms with E-state index in [0.717, 1.165) is 0 Å². The highest BCUT2D eigenvalue weighted by atomic mass is 35.5. The number of aromatic nitrogens is 2. The Hall–Kier alpha value is -1.72. The first-order valence-corrected chi connectivity index (χ1v) is 5.82. The summed E-state index contributed by atoms with van der Waals surface area (Å²) in [5.74, 6) is -0.249. The number of nitrogens with zero attached hydrogens (tertiary/aromatic N) is 2. The number of benzene rings is 1. The predicted molar refractivity (Wildman–Crippen MR) is 71.7 cm³/mol. The fourth-order valence-electron chi connectivity index (χ4n) is 1.44. The molecule has 0 aliphatic heterocycles. The first-order chi connectivity index (χ1) is 8.56. The maximum Gasteiger partial charge on any atom is 0.244 e. The minimum absolute atomic E-state index is 0.136. The molecule has 0 aliphatic rings. The van der Waals surface area contributed by atoms with Crippen LogP contribution in [0.1, 0.15) is 0 Å². The molecule has 0 radical (unpaired) electrons. The van der Waals surface area contributed by atoms with Gasteiger partial charge in [0.15, 0.2) is 0 Å². The Balaban J connectivity index is 2.12. The molecule has 7 heteroatoms. The summed E-state index contributed by atoms with van der Waals surface area (Å²) in [6.07, 6.45) is 4.83. The van der Waals surface area contributed by atoms with Crippen LogP contribution in [0, 0.1) is 0 Å². The molecule has 94 valence electrons. The zero-order chi connectivity index (χ0) is 13.1. The largest absolute Gasteiger partial charge is 0.399 e. The van der Waals surface area contributed by atoms with Crippen molar-refractivity contribution < 1.29 is 4.79 Å². The smallest absolute Gasteiger partial charge is 0.244 e. The van der Waals surface area contributed by atoms with E-state index in [-0.39, 0.29) is 12.5 Å². The topological polar surface area (TPSA) is 72.9 Å². The van der Waals surface area contributed by atoms with Crippen LogP contribution in [-0.2, 0) is 11.3 Å². The lowest BCUT2D eigenvalue weighted by molar-refractivity contribution is -0.116. The Kier molecular flexibility index (Phi) is 3.74. The molecule has 0 bridgehead atoms. The van der Waals surface area contributed by atoms with E-state index < -0.39 is 0 Å². The fourth-order valence-corrected chi connectivity index (χ4v) is 2.04. The van der Waals surface area contributed by atoms with Crippen LogP contribution in [0.3, 0.4) is 0 Å². The van der Waals surface area contributed by atoms with Crippen LogP contribution in [0.4, 0.5) is 11.4 Å². The number of nitrogen functional groups attached to an aromatic ring is 1. The normalized spacial score (nSPS) is 10.3. The van der Waals surface area contributed by atoms with Gasteiger partial charge in [0.1, 0.15) is 6.54 Å². The number of amides is 1. The van der Waals surface area contributed by atoms with Gasteiger partial charge in [0.25, 0.3) is 0 Å². The van der Waals surface area contributed by atoms with E-state index in [1.165, 1.54) is 12.1 Å². The Morgan fingerprint density at radius 3 is 2.61 bits per heavy atom. The molecule has 0 fully saturated rings. The summed E-state index contributed by atoms with van der Waals surface area (Å²) in [6.45, 7) is 0.136. The second-order valence-electron chi connectivity index (χ2n) is 3.64. The Bertz CT molecular complexity index is 545. The molecule has 0 saturated heterocycles. The molecule has 1 aromatic carbocycles. The third kappa shape index (κ3) is 2.94. The van der Waals surface area contributed by atoms with Gasteiger partial charge in [-0.25, -0.2) is 4.98 Å². The van der Waals surface area contributed by atoms with Crippen molar-refractivity contribution in [3.05, 3.63) is 40.9 Å². The minimum atomic E-state index is -0.249. The number of imidazole rings is 1. The maximum atomic E-state index is 11.8. The van der Waals surface area contributed by atoms with Gasteiger partial charge in [-0.3, -0.25) is 4.79 Å². The molecule has 2 aromatic rings. The van der Waals surface area contributed by atoms with E-state index in [2.05, 4.69) is 10.3 Å². The van der Waals surface area contributed by atoms with Crippen molar-refractivity contribution >= 4 is 40.5 Å². The number of nitrogens with two attached hydrogens (primary N) is 1. The average Bonchev–Trinajstić information content (AvgIpc) is 2.76. The van der Waals surface area contributed by atoms with Gasteiger partial charge in [0, 0.05) is 18.1 Å². The first kappa shape index (κ1) is 12.7. The molecule has 3 N–H and O–H groups in total. The van der Waals surface area contributed by atoms with E-state index in [9.17, 15) is 4.79 Å². The fraction of sp³-hybridized carbons (Fsp3) is 0.0909. The maximum absolute atomic E-state index is 11.8. The number of carbonyl (C=O) groups is 1. The molecule has 18 heavy (non-hydrogen) atoms. The van der Waals surface area contributed by atoms with Crippen molar-refractivity contribution in [1.29, 1.82) is 0 Å². The van der Waals surface area contributed by atoms with Crippen molar-refractivity contribution in [1.82, 2.24) is 9.55 Å². The van der Waals surface area contributed by atoms with Crippen LogP contribution in [0.5, 0.6) is 0 Å². The van der Waals surface area contributed by atoms with Crippen LogP contribution in [0.15, 0.2) is 30.9 Å². The molecule has 0 saturated carbocycles. The summed E-state index contributed by atoms with van der Waals surface area (Å²) in [6, 6.07) is 3.06. The molecule has 0 unspecified atom stereocenters. The predicted octanol–water partition coefficient (Wildman–Crippen LogP) is 2.41. The van der Waals surface area contributed by atoms with Crippen LogP contribution in [-0.4, -0.2) is 15.5 Å². The highest BCUT2D eigenvalue weighted by molar-refractivity contribution is 6.40. The molecule has 1 heterocycles. The van der Waals surface area contributed by atoms with Gasteiger partial charge in [-0.05, 0) is 12.1 Å². The number of halogens is 2. The number of rotatable bonds is 3. The summed E-state index contributed by atoms with van der Waals surface area (Å²) < 4.78 is 1.63. The second kappa shape index (κ2) is 5.29. The van der Waals surface area contributed by atoms with Gasteiger partial charge in [-0.1, -0.05) is 23.2 Å². The summed E-state index contributed by atoms with van der Waals surface area (Å²) in [5, 5.41) is 3.25. The van der Waals surface area contributed by atoms with Crippen molar-refractivity contribution in [2.75, 3.05) is 11.1 Å². The average molecular weight is 285 g/mol. The van der Waals surface area contributed by atoms with Crippen LogP contribution < -0.4 is 11.1 Å². The highest BCUT2D eigenvalue weighted by Gasteiger charge is 2.11. The Morgan fingerprint density at radius 2 is 2.06 bits per heavy atom. The molecule has 0 aliphatic carbocycles. The van der Waals surface area contributed by atoms with Crippen LogP contribution >= 0.6 is 23.2 Å². The zero-order valence-corrected chi connectivity index (χ0v) is 10.7.